The lowest BCUT2D eigenvalue weighted by Gasteiger charge is -2.09. The van der Waals surface area contributed by atoms with E-state index in [1.54, 1.807) is 12.1 Å². The highest BCUT2D eigenvalue weighted by Crippen LogP contribution is 2.40. The summed E-state index contributed by atoms with van der Waals surface area (Å²) >= 11 is 1.50. The smallest absolute Gasteiger partial charge is 0.211 e. The van der Waals surface area contributed by atoms with Crippen LogP contribution >= 0.6 is 11.8 Å². The molecule has 1 aliphatic heterocycles. The molecule has 1 heterocycles. The molecule has 4 nitrogen and oxygen atoms in total. The van der Waals surface area contributed by atoms with E-state index in [1.165, 1.54) is 11.8 Å². The largest absolute Gasteiger partial charge is 0.487 e. The third-order valence-corrected chi connectivity index (χ3v) is 5.30. The molecule has 0 radical (unpaired) electrons. The van der Waals surface area contributed by atoms with Gasteiger partial charge >= 0.3 is 0 Å². The van der Waals surface area contributed by atoms with Crippen LogP contribution in [0.1, 0.15) is 49.9 Å². The molecule has 0 saturated carbocycles. The van der Waals surface area contributed by atoms with Gasteiger partial charge in [0.25, 0.3) is 0 Å². The van der Waals surface area contributed by atoms with Gasteiger partial charge in [0.05, 0.1) is 11.9 Å². The number of ketones is 2. The van der Waals surface area contributed by atoms with Gasteiger partial charge in [0, 0.05) is 23.5 Å². The number of allylic oxidation sites excluding steroid dienone is 2. The Bertz CT molecular complexity index is 609. The minimum Gasteiger partial charge on any atom is -0.487 e. The average Bonchev–Trinajstić information content (AvgIpc) is 2.93. The van der Waals surface area contributed by atoms with E-state index in [9.17, 15) is 9.59 Å². The molecule has 0 amide bonds. The molecule has 1 aromatic carbocycles. The zero-order chi connectivity index (χ0) is 18.1. The molecule has 0 aromatic heterocycles. The normalized spacial score (nSPS) is 17.2. The van der Waals surface area contributed by atoms with E-state index < -0.39 is 0 Å². The van der Waals surface area contributed by atoms with Gasteiger partial charge in [-0.2, -0.15) is 0 Å². The van der Waals surface area contributed by atoms with E-state index in [4.69, 9.17) is 9.47 Å². The standard InChI is InChI=1S/C20H26O4S/c1-3-5-11-17-20(24-13-12-23-4-2)19(22)18(25-17)14-16(21)15-9-7-6-8-10-15/h6-10,18H,3-5,11-14H2,1-2H3. The van der Waals surface area contributed by atoms with Crippen molar-refractivity contribution < 1.29 is 19.1 Å². The highest BCUT2D eigenvalue weighted by molar-refractivity contribution is 8.04. The minimum absolute atomic E-state index is 0.00291. The molecule has 2 rings (SSSR count). The predicted molar refractivity (Wildman–Crippen MR) is 101 cm³/mol. The van der Waals surface area contributed by atoms with Crippen molar-refractivity contribution in [2.45, 2.75) is 44.8 Å². The van der Waals surface area contributed by atoms with Gasteiger partial charge in [-0.3, -0.25) is 9.59 Å². The molecular formula is C20H26O4S. The molecule has 0 aliphatic carbocycles. The van der Waals surface area contributed by atoms with Gasteiger partial charge < -0.3 is 9.47 Å². The molecule has 1 atom stereocenters. The quantitative estimate of drug-likeness (QED) is 0.431. The van der Waals surface area contributed by atoms with Gasteiger partial charge in [-0.15, -0.1) is 11.8 Å². The van der Waals surface area contributed by atoms with E-state index in [1.807, 2.05) is 25.1 Å². The van der Waals surface area contributed by atoms with E-state index in [0.717, 1.165) is 24.2 Å². The second-order valence-electron chi connectivity index (χ2n) is 5.87. The molecule has 1 aromatic rings. The maximum atomic E-state index is 12.7. The summed E-state index contributed by atoms with van der Waals surface area (Å²) in [5.41, 5.74) is 0.650. The lowest BCUT2D eigenvalue weighted by atomic mass is 10.0. The molecule has 25 heavy (non-hydrogen) atoms. The van der Waals surface area contributed by atoms with E-state index >= 15 is 0 Å². The summed E-state index contributed by atoms with van der Waals surface area (Å²) < 4.78 is 11.0. The molecule has 1 unspecified atom stereocenters. The first-order chi connectivity index (χ1) is 12.2. The van der Waals surface area contributed by atoms with Gasteiger partial charge in [-0.1, -0.05) is 43.7 Å². The third kappa shape index (κ3) is 5.72. The van der Waals surface area contributed by atoms with Crippen LogP contribution < -0.4 is 0 Å². The number of ether oxygens (including phenoxy) is 2. The second kappa shape index (κ2) is 10.4. The van der Waals surface area contributed by atoms with Crippen molar-refractivity contribution in [2.75, 3.05) is 19.8 Å². The number of carbonyl (C=O) groups excluding carboxylic acids is 2. The van der Waals surface area contributed by atoms with Crippen LogP contribution in [0.15, 0.2) is 41.0 Å². The van der Waals surface area contributed by atoms with Crippen LogP contribution in [0.4, 0.5) is 0 Å². The molecule has 5 heteroatoms. The Morgan fingerprint density at radius 1 is 1.16 bits per heavy atom. The number of hydrogen-bond acceptors (Lipinski definition) is 5. The van der Waals surface area contributed by atoms with Crippen LogP contribution in [0, 0.1) is 0 Å². The summed E-state index contributed by atoms with van der Waals surface area (Å²) in [6.07, 6.45) is 3.10. The summed E-state index contributed by atoms with van der Waals surface area (Å²) in [4.78, 5) is 26.1. The molecule has 0 fully saturated rings. The Morgan fingerprint density at radius 3 is 2.60 bits per heavy atom. The first kappa shape index (κ1) is 19.7. The van der Waals surface area contributed by atoms with Crippen molar-refractivity contribution in [1.29, 1.82) is 0 Å². The number of unbranched alkanes of at least 4 members (excludes halogenated alkanes) is 1. The lowest BCUT2D eigenvalue weighted by Crippen LogP contribution is -2.20. The number of hydrogen-bond donors (Lipinski definition) is 0. The zero-order valence-corrected chi connectivity index (χ0v) is 15.8. The van der Waals surface area contributed by atoms with E-state index in [0.29, 0.717) is 31.1 Å². The third-order valence-electron chi connectivity index (χ3n) is 3.96. The zero-order valence-electron chi connectivity index (χ0n) is 15.0. The highest BCUT2D eigenvalue weighted by atomic mass is 32.2. The van der Waals surface area contributed by atoms with Gasteiger partial charge in [-0.25, -0.2) is 0 Å². The summed E-state index contributed by atoms with van der Waals surface area (Å²) in [7, 11) is 0. The van der Waals surface area contributed by atoms with Crippen molar-refractivity contribution in [2.24, 2.45) is 0 Å². The minimum atomic E-state index is -0.373. The van der Waals surface area contributed by atoms with E-state index in [-0.39, 0.29) is 23.2 Å². The Hall–Kier alpha value is -1.59. The SMILES string of the molecule is CCCCC1=C(OCCOCC)C(=O)C(CC(=O)c2ccccc2)S1. The van der Waals surface area contributed by atoms with Crippen LogP contribution in [0.5, 0.6) is 0 Å². The molecule has 0 bridgehead atoms. The van der Waals surface area contributed by atoms with Crippen LogP contribution in [0.2, 0.25) is 0 Å². The van der Waals surface area contributed by atoms with Crippen LogP contribution in [-0.4, -0.2) is 36.6 Å². The van der Waals surface area contributed by atoms with Crippen molar-refractivity contribution in [1.82, 2.24) is 0 Å². The fraction of sp³-hybridized carbons (Fsp3) is 0.500. The Labute approximate surface area is 154 Å². The van der Waals surface area contributed by atoms with Gasteiger partial charge in [0.2, 0.25) is 5.78 Å². The van der Waals surface area contributed by atoms with Crippen molar-refractivity contribution >= 4 is 23.3 Å². The number of benzene rings is 1. The number of Topliss-reactive ketones (excluding diaryl/α,β-unsaturated/α-hetero) is 2. The Balaban J connectivity index is 2.00. The summed E-state index contributed by atoms with van der Waals surface area (Å²) in [5.74, 6) is 0.387. The number of carbonyl (C=O) groups is 2. The predicted octanol–water partition coefficient (Wildman–Crippen LogP) is 4.40. The second-order valence-corrected chi connectivity index (χ2v) is 7.16. The fourth-order valence-electron chi connectivity index (χ4n) is 2.62. The van der Waals surface area contributed by atoms with E-state index in [2.05, 4.69) is 6.92 Å². The van der Waals surface area contributed by atoms with Crippen LogP contribution in [0.25, 0.3) is 0 Å². The van der Waals surface area contributed by atoms with Crippen LogP contribution in [0.3, 0.4) is 0 Å². The average molecular weight is 362 g/mol. The first-order valence-corrected chi connectivity index (χ1v) is 9.78. The maximum absolute atomic E-state index is 12.7. The molecule has 0 saturated heterocycles. The van der Waals surface area contributed by atoms with Gasteiger partial charge in [0.15, 0.2) is 11.5 Å². The van der Waals surface area contributed by atoms with Crippen LogP contribution in [-0.2, 0) is 14.3 Å². The van der Waals surface area contributed by atoms with Crippen molar-refractivity contribution in [3.8, 4) is 0 Å². The Morgan fingerprint density at radius 2 is 1.92 bits per heavy atom. The van der Waals surface area contributed by atoms with Crippen molar-refractivity contribution in [3.05, 3.63) is 46.6 Å². The topological polar surface area (TPSA) is 52.6 Å². The molecular weight excluding hydrogens is 336 g/mol. The number of thioether (sulfide) groups is 1. The molecule has 1 aliphatic rings. The molecule has 0 spiro atoms. The molecule has 0 N–H and O–H groups in total. The summed E-state index contributed by atoms with van der Waals surface area (Å²) in [6, 6.07) is 9.13. The van der Waals surface area contributed by atoms with Gasteiger partial charge in [-0.05, 0) is 19.8 Å². The summed E-state index contributed by atoms with van der Waals surface area (Å²) in [6.45, 7) is 5.50. The maximum Gasteiger partial charge on any atom is 0.211 e. The number of rotatable bonds is 11. The van der Waals surface area contributed by atoms with Gasteiger partial charge in [0.1, 0.15) is 6.61 Å². The Kier molecular flexibility index (Phi) is 8.22. The fourth-order valence-corrected chi connectivity index (χ4v) is 3.94. The highest BCUT2D eigenvalue weighted by Gasteiger charge is 2.36. The molecule has 136 valence electrons. The summed E-state index contributed by atoms with van der Waals surface area (Å²) in [5, 5.41) is -0.373. The lowest BCUT2D eigenvalue weighted by molar-refractivity contribution is -0.118. The first-order valence-electron chi connectivity index (χ1n) is 8.90. The monoisotopic (exact) mass is 362 g/mol. The van der Waals surface area contributed by atoms with Crippen molar-refractivity contribution in [3.63, 3.8) is 0 Å².